The third-order valence-corrected chi connectivity index (χ3v) is 4.12. The molecule has 0 radical (unpaired) electrons. The van der Waals surface area contributed by atoms with Crippen molar-refractivity contribution in [2.45, 2.75) is 32.1 Å². The average Bonchev–Trinajstić information content (AvgIpc) is 2.38. The molecule has 1 saturated carbocycles. The fourth-order valence-electron chi connectivity index (χ4n) is 3.19. The van der Waals surface area contributed by atoms with Crippen LogP contribution in [0.25, 0.3) is 0 Å². The first-order chi connectivity index (χ1) is 8.33. The van der Waals surface area contributed by atoms with Gasteiger partial charge < -0.3 is 0 Å². The number of Topliss-reactive ketones (excluding diaryl/α,β-unsaturated/α-hetero) is 1. The Labute approximate surface area is 103 Å². The van der Waals surface area contributed by atoms with Gasteiger partial charge in [-0.15, -0.1) is 0 Å². The van der Waals surface area contributed by atoms with Gasteiger partial charge in [0.15, 0.2) is 0 Å². The molecule has 0 heterocycles. The molecule has 2 atom stereocenters. The number of benzene rings is 1. The van der Waals surface area contributed by atoms with Crippen molar-refractivity contribution in [3.63, 3.8) is 0 Å². The fraction of sp³-hybridized carbons (Fsp3) is 0.438. The monoisotopic (exact) mass is 226 g/mol. The van der Waals surface area contributed by atoms with Crippen LogP contribution in [-0.2, 0) is 11.2 Å². The number of ketones is 1. The lowest BCUT2D eigenvalue weighted by Gasteiger charge is -2.34. The van der Waals surface area contributed by atoms with E-state index >= 15 is 0 Å². The van der Waals surface area contributed by atoms with Gasteiger partial charge >= 0.3 is 0 Å². The van der Waals surface area contributed by atoms with Crippen LogP contribution in [0.4, 0.5) is 0 Å². The second-order valence-electron chi connectivity index (χ2n) is 5.29. The van der Waals surface area contributed by atoms with E-state index < -0.39 is 0 Å². The molecule has 0 amide bonds. The van der Waals surface area contributed by atoms with Gasteiger partial charge in [-0.2, -0.15) is 0 Å². The summed E-state index contributed by atoms with van der Waals surface area (Å²) in [6.07, 6.45) is 7.66. The van der Waals surface area contributed by atoms with Gasteiger partial charge in [-0.05, 0) is 37.2 Å². The molecule has 0 spiro atoms. The van der Waals surface area contributed by atoms with E-state index in [4.69, 9.17) is 0 Å². The Kier molecular flexibility index (Phi) is 2.84. The van der Waals surface area contributed by atoms with E-state index in [0.717, 1.165) is 25.7 Å². The summed E-state index contributed by atoms with van der Waals surface area (Å²) < 4.78 is 0. The van der Waals surface area contributed by atoms with Crippen molar-refractivity contribution >= 4 is 5.78 Å². The second-order valence-corrected chi connectivity index (χ2v) is 5.29. The van der Waals surface area contributed by atoms with Gasteiger partial charge in [0.1, 0.15) is 5.78 Å². The molecule has 4 rings (SSSR count). The van der Waals surface area contributed by atoms with Crippen molar-refractivity contribution in [1.29, 1.82) is 0 Å². The highest BCUT2D eigenvalue weighted by molar-refractivity contribution is 5.86. The highest BCUT2D eigenvalue weighted by atomic mass is 16.1. The Morgan fingerprint density at radius 1 is 1.06 bits per heavy atom. The number of hydrogen-bond donors (Lipinski definition) is 0. The molecule has 1 fully saturated rings. The number of carbonyl (C=O) groups is 1. The molecule has 0 N–H and O–H groups in total. The Morgan fingerprint density at radius 2 is 1.88 bits per heavy atom. The van der Waals surface area contributed by atoms with E-state index in [1.807, 2.05) is 0 Å². The topological polar surface area (TPSA) is 17.1 Å². The first kappa shape index (κ1) is 10.8. The predicted octanol–water partition coefficient (Wildman–Crippen LogP) is 3.54. The number of carbonyl (C=O) groups excluding carboxylic acids is 1. The molecule has 3 aliphatic carbocycles. The predicted molar refractivity (Wildman–Crippen MR) is 68.7 cm³/mol. The maximum absolute atomic E-state index is 11.8. The minimum absolute atomic E-state index is 0.267. The van der Waals surface area contributed by atoms with Crippen LogP contribution in [0.1, 0.15) is 31.2 Å². The average molecular weight is 226 g/mol. The van der Waals surface area contributed by atoms with Gasteiger partial charge in [0.2, 0.25) is 0 Å². The molecule has 1 heteroatoms. The highest BCUT2D eigenvalue weighted by Gasteiger charge is 2.34. The number of allylic oxidation sites excluding steroid dienone is 2. The summed E-state index contributed by atoms with van der Waals surface area (Å²) in [6.45, 7) is 0. The van der Waals surface area contributed by atoms with Crippen molar-refractivity contribution in [3.8, 4) is 0 Å². The van der Waals surface area contributed by atoms with E-state index in [9.17, 15) is 4.79 Å². The van der Waals surface area contributed by atoms with Crippen molar-refractivity contribution in [3.05, 3.63) is 47.5 Å². The van der Waals surface area contributed by atoms with Crippen molar-refractivity contribution < 1.29 is 4.79 Å². The Bertz CT molecular complexity index is 444. The third-order valence-electron chi connectivity index (χ3n) is 4.12. The quantitative estimate of drug-likeness (QED) is 0.720. The normalized spacial score (nSPS) is 27.1. The second kappa shape index (κ2) is 4.48. The standard InChI is InChI=1S/C16H18O/c17-16-11-13-7-9-15(16)14(10-13)8-6-12-4-2-1-3-5-12/h1-5,10,13,15H,6-9,11H2/t13-,15+/m1/s1. The van der Waals surface area contributed by atoms with E-state index in [1.54, 1.807) is 0 Å². The zero-order valence-corrected chi connectivity index (χ0v) is 10.1. The van der Waals surface area contributed by atoms with Crippen LogP contribution in [0, 0.1) is 11.8 Å². The molecular formula is C16H18O. The molecular weight excluding hydrogens is 208 g/mol. The molecule has 0 saturated heterocycles. The van der Waals surface area contributed by atoms with Crippen LogP contribution in [0.3, 0.4) is 0 Å². The molecule has 0 aromatic heterocycles. The summed E-state index contributed by atoms with van der Waals surface area (Å²) in [5, 5.41) is 0. The van der Waals surface area contributed by atoms with E-state index in [-0.39, 0.29) is 5.92 Å². The van der Waals surface area contributed by atoms with Crippen molar-refractivity contribution in [2.75, 3.05) is 0 Å². The largest absolute Gasteiger partial charge is 0.299 e. The Hall–Kier alpha value is -1.37. The van der Waals surface area contributed by atoms with Crippen molar-refractivity contribution in [2.24, 2.45) is 11.8 Å². The van der Waals surface area contributed by atoms with E-state index in [1.165, 1.54) is 17.6 Å². The molecule has 0 unspecified atom stereocenters. The first-order valence-electron chi connectivity index (χ1n) is 6.60. The van der Waals surface area contributed by atoms with Gasteiger partial charge in [-0.25, -0.2) is 0 Å². The van der Waals surface area contributed by atoms with Gasteiger partial charge in [-0.1, -0.05) is 42.0 Å². The summed E-state index contributed by atoms with van der Waals surface area (Å²) in [5.74, 6) is 1.31. The van der Waals surface area contributed by atoms with Crippen LogP contribution in [0.15, 0.2) is 42.0 Å². The zero-order valence-electron chi connectivity index (χ0n) is 10.1. The highest BCUT2D eigenvalue weighted by Crippen LogP contribution is 2.39. The third kappa shape index (κ3) is 2.19. The van der Waals surface area contributed by atoms with E-state index in [0.29, 0.717) is 11.7 Å². The van der Waals surface area contributed by atoms with Crippen LogP contribution in [0.5, 0.6) is 0 Å². The maximum atomic E-state index is 11.8. The zero-order chi connectivity index (χ0) is 11.7. The van der Waals surface area contributed by atoms with Crippen LogP contribution < -0.4 is 0 Å². The number of fused-ring (bicyclic) bond motifs is 2. The van der Waals surface area contributed by atoms with Gasteiger partial charge in [0.05, 0.1) is 0 Å². The minimum Gasteiger partial charge on any atom is -0.299 e. The van der Waals surface area contributed by atoms with Gasteiger partial charge in [-0.3, -0.25) is 4.79 Å². The summed E-state index contributed by atoms with van der Waals surface area (Å²) in [4.78, 5) is 11.8. The fourth-order valence-corrected chi connectivity index (χ4v) is 3.19. The summed E-state index contributed by atoms with van der Waals surface area (Å²) in [5.41, 5.74) is 2.80. The summed E-state index contributed by atoms with van der Waals surface area (Å²) in [6, 6.07) is 10.6. The summed E-state index contributed by atoms with van der Waals surface area (Å²) >= 11 is 0. The van der Waals surface area contributed by atoms with Crippen molar-refractivity contribution in [1.82, 2.24) is 0 Å². The molecule has 3 aliphatic rings. The summed E-state index contributed by atoms with van der Waals surface area (Å²) in [7, 11) is 0. The Morgan fingerprint density at radius 3 is 2.59 bits per heavy atom. The van der Waals surface area contributed by atoms with Crippen LogP contribution >= 0.6 is 0 Å². The lowest BCUT2D eigenvalue weighted by atomic mass is 9.69. The van der Waals surface area contributed by atoms with Gasteiger partial charge in [0.25, 0.3) is 0 Å². The minimum atomic E-state index is 0.267. The molecule has 2 bridgehead atoms. The lowest BCUT2D eigenvalue weighted by molar-refractivity contribution is -0.125. The molecule has 1 aromatic rings. The van der Waals surface area contributed by atoms with Crippen LogP contribution in [0.2, 0.25) is 0 Å². The number of aryl methyl sites for hydroxylation is 1. The Balaban J connectivity index is 1.68. The smallest absolute Gasteiger partial charge is 0.140 e. The van der Waals surface area contributed by atoms with Crippen LogP contribution in [-0.4, -0.2) is 5.78 Å². The maximum Gasteiger partial charge on any atom is 0.140 e. The van der Waals surface area contributed by atoms with Gasteiger partial charge in [0, 0.05) is 12.3 Å². The number of hydrogen-bond acceptors (Lipinski definition) is 1. The number of rotatable bonds is 3. The molecule has 0 aliphatic heterocycles. The molecule has 17 heavy (non-hydrogen) atoms. The lowest BCUT2D eigenvalue weighted by Crippen LogP contribution is -2.31. The SMILES string of the molecule is O=C1C[C@H]2C=C(CCc3ccccc3)[C@@H]1CC2. The molecule has 1 aromatic carbocycles. The van der Waals surface area contributed by atoms with E-state index in [2.05, 4.69) is 36.4 Å². The first-order valence-corrected chi connectivity index (χ1v) is 6.60. The molecule has 1 nitrogen and oxygen atoms in total. The molecule has 88 valence electrons.